The lowest BCUT2D eigenvalue weighted by molar-refractivity contribution is -0.384. The fraction of sp³-hybridized carbons (Fsp3) is 0.238. The van der Waals surface area contributed by atoms with Crippen LogP contribution in [0.5, 0.6) is 0 Å². The summed E-state index contributed by atoms with van der Waals surface area (Å²) in [4.78, 5) is 37.2. The number of ketones is 1. The number of nitro groups is 1. The van der Waals surface area contributed by atoms with E-state index in [1.165, 1.54) is 41.3 Å². The van der Waals surface area contributed by atoms with Gasteiger partial charge in [0.15, 0.2) is 0 Å². The van der Waals surface area contributed by atoms with E-state index in [-0.39, 0.29) is 48.2 Å². The fourth-order valence-corrected chi connectivity index (χ4v) is 3.90. The molecule has 11 heteroatoms. The highest BCUT2D eigenvalue weighted by molar-refractivity contribution is 6.47. The van der Waals surface area contributed by atoms with Crippen molar-refractivity contribution >= 4 is 46.3 Å². The number of benzene rings is 2. The van der Waals surface area contributed by atoms with Gasteiger partial charge in [0.25, 0.3) is 17.4 Å². The van der Waals surface area contributed by atoms with Gasteiger partial charge in [0.2, 0.25) is 0 Å². The SMILES string of the molecule is O=C1C(=O)N(CCOCCO)[C@H](c2ccc(Cl)cc2Cl)C1=C(O)c1ccc([N+](=O)[O-])cc1. The lowest BCUT2D eigenvalue weighted by Crippen LogP contribution is -2.33. The second kappa shape index (κ2) is 10.1. The summed E-state index contributed by atoms with van der Waals surface area (Å²) in [7, 11) is 0. The average Bonchev–Trinajstić information content (AvgIpc) is 3.01. The van der Waals surface area contributed by atoms with E-state index in [0.717, 1.165) is 0 Å². The van der Waals surface area contributed by atoms with Crippen LogP contribution in [0.2, 0.25) is 10.0 Å². The van der Waals surface area contributed by atoms with Crippen LogP contribution in [-0.4, -0.2) is 58.1 Å². The summed E-state index contributed by atoms with van der Waals surface area (Å²) in [6.07, 6.45) is 0. The molecule has 2 aromatic carbocycles. The number of likely N-dealkylation sites (tertiary alicyclic amines) is 1. The van der Waals surface area contributed by atoms with Crippen LogP contribution in [0.3, 0.4) is 0 Å². The van der Waals surface area contributed by atoms with Gasteiger partial charge in [-0.3, -0.25) is 19.7 Å². The molecule has 3 rings (SSSR count). The maximum atomic E-state index is 12.9. The summed E-state index contributed by atoms with van der Waals surface area (Å²) < 4.78 is 5.23. The van der Waals surface area contributed by atoms with E-state index < -0.39 is 28.4 Å². The van der Waals surface area contributed by atoms with E-state index in [1.54, 1.807) is 6.07 Å². The average molecular weight is 481 g/mol. The van der Waals surface area contributed by atoms with Crippen molar-refractivity contribution in [2.24, 2.45) is 0 Å². The molecule has 1 fully saturated rings. The molecule has 1 heterocycles. The van der Waals surface area contributed by atoms with Gasteiger partial charge in [-0.05, 0) is 29.8 Å². The molecule has 0 aliphatic carbocycles. The van der Waals surface area contributed by atoms with Crippen molar-refractivity contribution in [1.82, 2.24) is 4.90 Å². The number of hydrogen-bond donors (Lipinski definition) is 2. The summed E-state index contributed by atoms with van der Waals surface area (Å²) in [6.45, 7) is -0.122. The third-order valence-electron chi connectivity index (χ3n) is 4.86. The molecule has 1 amide bonds. The van der Waals surface area contributed by atoms with E-state index in [2.05, 4.69) is 0 Å². The Balaban J connectivity index is 2.10. The van der Waals surface area contributed by atoms with Crippen molar-refractivity contribution in [2.75, 3.05) is 26.4 Å². The lowest BCUT2D eigenvalue weighted by Gasteiger charge is -2.26. The highest BCUT2D eigenvalue weighted by Crippen LogP contribution is 2.42. The topological polar surface area (TPSA) is 130 Å². The number of aliphatic hydroxyl groups is 2. The van der Waals surface area contributed by atoms with Crippen LogP contribution >= 0.6 is 23.2 Å². The van der Waals surface area contributed by atoms with Crippen molar-refractivity contribution < 1.29 is 29.5 Å². The Kier molecular flexibility index (Phi) is 7.47. The number of nitrogens with zero attached hydrogens (tertiary/aromatic N) is 2. The molecule has 0 unspecified atom stereocenters. The normalized spacial score (nSPS) is 17.7. The Morgan fingerprint density at radius 3 is 2.41 bits per heavy atom. The largest absolute Gasteiger partial charge is 0.507 e. The second-order valence-electron chi connectivity index (χ2n) is 6.80. The zero-order valence-corrected chi connectivity index (χ0v) is 18.0. The first-order valence-electron chi connectivity index (χ1n) is 9.43. The van der Waals surface area contributed by atoms with Crippen LogP contribution in [0.4, 0.5) is 5.69 Å². The van der Waals surface area contributed by atoms with Gasteiger partial charge < -0.3 is 19.8 Å². The number of hydrogen-bond acceptors (Lipinski definition) is 7. The van der Waals surface area contributed by atoms with E-state index in [0.29, 0.717) is 10.6 Å². The van der Waals surface area contributed by atoms with Crippen molar-refractivity contribution in [3.63, 3.8) is 0 Å². The molecule has 168 valence electrons. The first-order valence-corrected chi connectivity index (χ1v) is 10.2. The molecule has 1 aliphatic rings. The van der Waals surface area contributed by atoms with E-state index >= 15 is 0 Å². The van der Waals surface area contributed by atoms with Crippen LogP contribution in [-0.2, 0) is 14.3 Å². The van der Waals surface area contributed by atoms with Gasteiger partial charge in [0.05, 0.1) is 36.4 Å². The first kappa shape index (κ1) is 23.7. The number of ether oxygens (including phenoxy) is 1. The molecule has 0 saturated carbocycles. The number of amides is 1. The van der Waals surface area contributed by atoms with Crippen molar-refractivity contribution in [3.8, 4) is 0 Å². The predicted octanol–water partition coefficient (Wildman–Crippen LogP) is 3.33. The lowest BCUT2D eigenvalue weighted by atomic mass is 9.95. The maximum Gasteiger partial charge on any atom is 0.295 e. The highest BCUT2D eigenvalue weighted by Gasteiger charge is 2.46. The maximum absolute atomic E-state index is 12.9. The number of non-ortho nitro benzene ring substituents is 1. The molecule has 2 aromatic rings. The van der Waals surface area contributed by atoms with Gasteiger partial charge in [-0.15, -0.1) is 0 Å². The van der Waals surface area contributed by atoms with Crippen LogP contribution < -0.4 is 0 Å². The molecule has 0 spiro atoms. The Labute approximate surface area is 192 Å². The minimum absolute atomic E-state index is 0.00869. The Bertz CT molecular complexity index is 1090. The summed E-state index contributed by atoms with van der Waals surface area (Å²) in [6, 6.07) is 8.43. The van der Waals surface area contributed by atoms with Crippen LogP contribution in [0, 0.1) is 10.1 Å². The molecule has 0 radical (unpaired) electrons. The first-order chi connectivity index (χ1) is 15.3. The van der Waals surface area contributed by atoms with Gasteiger partial charge in [0, 0.05) is 34.3 Å². The number of nitro benzene ring substituents is 1. The summed E-state index contributed by atoms with van der Waals surface area (Å²) in [5, 5.41) is 31.2. The van der Waals surface area contributed by atoms with Gasteiger partial charge in [-0.25, -0.2) is 0 Å². The fourth-order valence-electron chi connectivity index (χ4n) is 3.38. The minimum Gasteiger partial charge on any atom is -0.507 e. The number of halogens is 2. The Morgan fingerprint density at radius 2 is 1.81 bits per heavy atom. The van der Waals surface area contributed by atoms with E-state index in [1.807, 2.05) is 0 Å². The standard InChI is InChI=1S/C21H18Cl2N2O7/c22-13-3-6-15(16(23)11-13)18-17(19(27)12-1-4-14(5-2-12)25(30)31)20(28)21(29)24(18)7-9-32-10-8-26/h1-6,11,18,26-27H,7-10H2/t18-/m1/s1. The van der Waals surface area contributed by atoms with Crippen molar-refractivity contribution in [2.45, 2.75) is 6.04 Å². The van der Waals surface area contributed by atoms with Crippen molar-refractivity contribution in [3.05, 3.63) is 79.3 Å². The Morgan fingerprint density at radius 1 is 1.12 bits per heavy atom. The van der Waals surface area contributed by atoms with Gasteiger partial charge >= 0.3 is 0 Å². The van der Waals surface area contributed by atoms with Gasteiger partial charge in [0.1, 0.15) is 5.76 Å². The second-order valence-corrected chi connectivity index (χ2v) is 7.64. The summed E-state index contributed by atoms with van der Waals surface area (Å²) >= 11 is 12.3. The zero-order valence-electron chi connectivity index (χ0n) is 16.5. The van der Waals surface area contributed by atoms with Crippen LogP contribution in [0.1, 0.15) is 17.2 Å². The molecule has 1 saturated heterocycles. The van der Waals surface area contributed by atoms with Gasteiger partial charge in [-0.1, -0.05) is 29.3 Å². The van der Waals surface area contributed by atoms with Crippen molar-refractivity contribution in [1.29, 1.82) is 0 Å². The summed E-state index contributed by atoms with van der Waals surface area (Å²) in [5.41, 5.74) is 0.0802. The molecule has 0 aromatic heterocycles. The monoisotopic (exact) mass is 480 g/mol. The van der Waals surface area contributed by atoms with Crippen LogP contribution in [0.25, 0.3) is 5.76 Å². The number of aliphatic hydroxyl groups excluding tert-OH is 2. The summed E-state index contributed by atoms with van der Waals surface area (Å²) in [5.74, 6) is -2.29. The minimum atomic E-state index is -1.03. The molecule has 1 aliphatic heterocycles. The smallest absolute Gasteiger partial charge is 0.295 e. The number of Topliss-reactive ketones (excluding diaryl/α,β-unsaturated/α-hetero) is 1. The third kappa shape index (κ3) is 4.76. The number of rotatable bonds is 8. The highest BCUT2D eigenvalue weighted by atomic mass is 35.5. The van der Waals surface area contributed by atoms with Gasteiger partial charge in [-0.2, -0.15) is 0 Å². The van der Waals surface area contributed by atoms with E-state index in [9.17, 15) is 24.8 Å². The molecular formula is C21H18Cl2N2O7. The predicted molar refractivity (Wildman–Crippen MR) is 116 cm³/mol. The third-order valence-corrected chi connectivity index (χ3v) is 5.42. The molecular weight excluding hydrogens is 463 g/mol. The molecule has 0 bridgehead atoms. The quantitative estimate of drug-likeness (QED) is 0.148. The molecule has 32 heavy (non-hydrogen) atoms. The number of carbonyl (C=O) groups excluding carboxylic acids is 2. The van der Waals surface area contributed by atoms with Crippen LogP contribution in [0.15, 0.2) is 48.0 Å². The van der Waals surface area contributed by atoms with E-state index in [4.69, 9.17) is 33.0 Å². The zero-order chi connectivity index (χ0) is 23.4. The Hall–Kier alpha value is -2.98. The number of carbonyl (C=O) groups is 2. The molecule has 1 atom stereocenters. The molecule has 2 N–H and O–H groups in total. The molecule has 9 nitrogen and oxygen atoms in total.